The number of nitrogens with zero attached hydrogens (tertiary/aromatic N) is 1. The van der Waals surface area contributed by atoms with Crippen molar-refractivity contribution in [2.45, 2.75) is 0 Å². The molecule has 0 amide bonds. The standard InChI is InChI=1S/C7H5FNO3P/c8-7-3-6(12-13(10)11)2-1-5(7)4-9/h1-3,10-11H. The molecule has 0 aliphatic heterocycles. The Morgan fingerprint density at radius 2 is 2.15 bits per heavy atom. The van der Waals surface area contributed by atoms with E-state index in [9.17, 15) is 4.39 Å². The summed E-state index contributed by atoms with van der Waals surface area (Å²) < 4.78 is 17.3. The van der Waals surface area contributed by atoms with Crippen LogP contribution in [0.5, 0.6) is 5.75 Å². The zero-order valence-electron chi connectivity index (χ0n) is 6.31. The molecule has 0 spiro atoms. The van der Waals surface area contributed by atoms with Crippen molar-refractivity contribution in [2.75, 3.05) is 0 Å². The van der Waals surface area contributed by atoms with Crippen LogP contribution >= 0.6 is 8.60 Å². The summed E-state index contributed by atoms with van der Waals surface area (Å²) in [6, 6.07) is 5.02. The van der Waals surface area contributed by atoms with Crippen LogP contribution in [0, 0.1) is 17.1 Å². The Morgan fingerprint density at radius 3 is 2.62 bits per heavy atom. The lowest BCUT2D eigenvalue weighted by Gasteiger charge is -2.04. The highest BCUT2D eigenvalue weighted by Crippen LogP contribution is 2.29. The molecule has 0 unspecified atom stereocenters. The zero-order chi connectivity index (χ0) is 9.84. The lowest BCUT2D eigenvalue weighted by atomic mass is 10.2. The summed E-state index contributed by atoms with van der Waals surface area (Å²) in [4.78, 5) is 16.9. The van der Waals surface area contributed by atoms with Crippen LogP contribution in [0.25, 0.3) is 0 Å². The third-order valence-corrected chi connectivity index (χ3v) is 1.62. The minimum absolute atomic E-state index is 0.0207. The maximum absolute atomic E-state index is 12.8. The van der Waals surface area contributed by atoms with E-state index in [0.717, 1.165) is 6.07 Å². The molecule has 0 aliphatic carbocycles. The second-order valence-corrected chi connectivity index (χ2v) is 2.79. The Kier molecular flexibility index (Phi) is 3.15. The van der Waals surface area contributed by atoms with Gasteiger partial charge in [0.15, 0.2) is 0 Å². The predicted octanol–water partition coefficient (Wildman–Crippen LogP) is 1.29. The normalized spacial score (nSPS) is 9.77. The van der Waals surface area contributed by atoms with Gasteiger partial charge in [-0.25, -0.2) is 4.39 Å². The number of nitriles is 1. The topological polar surface area (TPSA) is 73.5 Å². The third kappa shape index (κ3) is 2.63. The van der Waals surface area contributed by atoms with Crippen LogP contribution in [0.2, 0.25) is 0 Å². The van der Waals surface area contributed by atoms with Crippen LogP contribution in [0.1, 0.15) is 5.56 Å². The van der Waals surface area contributed by atoms with Crippen LogP contribution in [0.15, 0.2) is 18.2 Å². The van der Waals surface area contributed by atoms with Gasteiger partial charge >= 0.3 is 8.60 Å². The van der Waals surface area contributed by atoms with Crippen molar-refractivity contribution in [1.29, 1.82) is 5.26 Å². The van der Waals surface area contributed by atoms with E-state index in [1.807, 2.05) is 0 Å². The number of halogens is 1. The van der Waals surface area contributed by atoms with Crippen LogP contribution in [-0.2, 0) is 0 Å². The minimum atomic E-state index is -2.55. The summed E-state index contributed by atoms with van der Waals surface area (Å²) >= 11 is 0. The molecule has 0 saturated carbocycles. The molecule has 0 fully saturated rings. The van der Waals surface area contributed by atoms with Crippen molar-refractivity contribution in [3.05, 3.63) is 29.6 Å². The van der Waals surface area contributed by atoms with Crippen molar-refractivity contribution in [2.24, 2.45) is 0 Å². The van der Waals surface area contributed by atoms with Crippen LogP contribution < -0.4 is 4.52 Å². The average molecular weight is 201 g/mol. The van der Waals surface area contributed by atoms with Crippen molar-refractivity contribution in [1.82, 2.24) is 0 Å². The fourth-order valence-corrected chi connectivity index (χ4v) is 1.04. The molecule has 0 heterocycles. The molecule has 1 aromatic rings. The molecule has 68 valence electrons. The predicted molar refractivity (Wildman–Crippen MR) is 43.1 cm³/mol. The summed E-state index contributed by atoms with van der Waals surface area (Å²) in [5.41, 5.74) is -0.118. The fraction of sp³-hybridized carbons (Fsp3) is 0. The second kappa shape index (κ2) is 4.15. The largest absolute Gasteiger partial charge is 0.427 e. The van der Waals surface area contributed by atoms with E-state index < -0.39 is 14.4 Å². The maximum atomic E-state index is 12.8. The van der Waals surface area contributed by atoms with Crippen molar-refractivity contribution in [3.63, 3.8) is 0 Å². The van der Waals surface area contributed by atoms with Crippen LogP contribution in [-0.4, -0.2) is 9.79 Å². The fourth-order valence-electron chi connectivity index (χ4n) is 0.738. The van der Waals surface area contributed by atoms with E-state index in [1.165, 1.54) is 12.1 Å². The molecule has 4 nitrogen and oxygen atoms in total. The first kappa shape index (κ1) is 9.87. The average Bonchev–Trinajstić information content (AvgIpc) is 2.03. The summed E-state index contributed by atoms with van der Waals surface area (Å²) in [5.74, 6) is -0.774. The molecule has 13 heavy (non-hydrogen) atoms. The second-order valence-electron chi connectivity index (χ2n) is 2.10. The molecular weight excluding hydrogens is 196 g/mol. The molecule has 0 radical (unpaired) electrons. The Hall–Kier alpha value is -1.21. The van der Waals surface area contributed by atoms with Gasteiger partial charge in [0.1, 0.15) is 17.6 Å². The molecule has 6 heteroatoms. The molecule has 0 aromatic heterocycles. The van der Waals surface area contributed by atoms with E-state index in [1.54, 1.807) is 6.07 Å². The van der Waals surface area contributed by atoms with Crippen LogP contribution in [0.3, 0.4) is 0 Å². The minimum Gasteiger partial charge on any atom is -0.427 e. The molecule has 0 bridgehead atoms. The van der Waals surface area contributed by atoms with E-state index in [4.69, 9.17) is 15.0 Å². The molecule has 0 saturated heterocycles. The molecule has 0 aliphatic rings. The van der Waals surface area contributed by atoms with Gasteiger partial charge in [0, 0.05) is 6.07 Å². The van der Waals surface area contributed by atoms with Crippen molar-refractivity contribution < 1.29 is 18.7 Å². The number of hydrogen-bond acceptors (Lipinski definition) is 4. The number of benzene rings is 1. The van der Waals surface area contributed by atoms with Gasteiger partial charge in [0.05, 0.1) is 5.56 Å². The SMILES string of the molecule is N#Cc1ccc(OP(O)O)cc1F. The van der Waals surface area contributed by atoms with Gasteiger partial charge in [-0.1, -0.05) is 0 Å². The summed E-state index contributed by atoms with van der Waals surface area (Å²) in [6.07, 6.45) is 0. The zero-order valence-corrected chi connectivity index (χ0v) is 7.20. The summed E-state index contributed by atoms with van der Waals surface area (Å²) in [5, 5.41) is 8.37. The van der Waals surface area contributed by atoms with Crippen molar-refractivity contribution >= 4 is 8.60 Å². The third-order valence-electron chi connectivity index (χ3n) is 1.25. The number of rotatable bonds is 2. The highest BCUT2D eigenvalue weighted by molar-refractivity contribution is 7.39. The summed E-state index contributed by atoms with van der Waals surface area (Å²) in [6.45, 7) is 0. The first-order valence-electron chi connectivity index (χ1n) is 3.19. The van der Waals surface area contributed by atoms with Gasteiger partial charge in [-0.2, -0.15) is 5.26 Å². The van der Waals surface area contributed by atoms with E-state index in [-0.39, 0.29) is 11.3 Å². The Balaban J connectivity index is 2.91. The van der Waals surface area contributed by atoms with Gasteiger partial charge in [0.2, 0.25) is 0 Å². The highest BCUT2D eigenvalue weighted by Gasteiger charge is 2.06. The molecule has 1 aromatic carbocycles. The highest BCUT2D eigenvalue weighted by atomic mass is 31.2. The lowest BCUT2D eigenvalue weighted by Crippen LogP contribution is -1.88. The van der Waals surface area contributed by atoms with Gasteiger partial charge in [-0.15, -0.1) is 0 Å². The Morgan fingerprint density at radius 1 is 1.46 bits per heavy atom. The summed E-state index contributed by atoms with van der Waals surface area (Å²) in [7, 11) is -2.55. The smallest absolute Gasteiger partial charge is 0.391 e. The maximum Gasteiger partial charge on any atom is 0.391 e. The number of hydrogen-bond donors (Lipinski definition) is 2. The first-order valence-corrected chi connectivity index (χ1v) is 4.35. The Labute approximate surface area is 74.8 Å². The quantitative estimate of drug-likeness (QED) is 0.707. The monoisotopic (exact) mass is 201 g/mol. The van der Waals surface area contributed by atoms with Gasteiger partial charge < -0.3 is 14.3 Å². The van der Waals surface area contributed by atoms with Crippen LogP contribution in [0.4, 0.5) is 4.39 Å². The van der Waals surface area contributed by atoms with E-state index in [0.29, 0.717) is 0 Å². The molecule has 1 rings (SSSR count). The lowest BCUT2D eigenvalue weighted by molar-refractivity contribution is 0.374. The molecule has 0 atom stereocenters. The van der Waals surface area contributed by atoms with E-state index >= 15 is 0 Å². The van der Waals surface area contributed by atoms with Gasteiger partial charge in [-0.3, -0.25) is 0 Å². The molecule has 2 N–H and O–H groups in total. The van der Waals surface area contributed by atoms with Gasteiger partial charge in [-0.05, 0) is 12.1 Å². The van der Waals surface area contributed by atoms with E-state index in [2.05, 4.69) is 4.52 Å². The Bertz CT molecular complexity index is 350. The molecular formula is C7H5FNO3P. The van der Waals surface area contributed by atoms with Crippen molar-refractivity contribution in [3.8, 4) is 11.8 Å². The first-order chi connectivity index (χ1) is 6.13. The van der Waals surface area contributed by atoms with Gasteiger partial charge in [0.25, 0.3) is 0 Å².